The number of hydrogen-bond donors (Lipinski definition) is 5. The number of aliphatic hydroxyl groups is 4. The summed E-state index contributed by atoms with van der Waals surface area (Å²) in [6, 6.07) is 10.8. The molecular formula is C22H25As2N2NaO8S. The van der Waals surface area contributed by atoms with Crippen molar-refractivity contribution in [2.45, 2.75) is 23.9 Å². The minimum atomic E-state index is -1.09. The fourth-order valence-corrected chi connectivity index (χ4v) is 10.9. The normalized spacial score (nSPS) is 13.0. The zero-order chi connectivity index (χ0) is 25.4. The van der Waals surface area contributed by atoms with Gasteiger partial charge in [0, 0.05) is 0 Å². The summed E-state index contributed by atoms with van der Waals surface area (Å²) in [6.07, 6.45) is -2.16. The number of carboxylic acids is 1. The zero-order valence-electron chi connectivity index (χ0n) is 19.5. The Morgan fingerprint density at radius 3 is 2.28 bits per heavy atom. The van der Waals surface area contributed by atoms with Crippen molar-refractivity contribution in [1.29, 1.82) is 0 Å². The molecule has 1 aromatic heterocycles. The molecular weight excluding hydrogens is 625 g/mol. The van der Waals surface area contributed by atoms with E-state index in [0.29, 0.717) is 22.2 Å². The molecule has 10 nitrogen and oxygen atoms in total. The molecule has 36 heavy (non-hydrogen) atoms. The number of carboxylic acid groups (broad SMARTS) is 1. The third-order valence-corrected chi connectivity index (χ3v) is 14.0. The topological polar surface area (TPSA) is 171 Å². The van der Waals surface area contributed by atoms with Crippen molar-refractivity contribution in [2.24, 2.45) is 0 Å². The van der Waals surface area contributed by atoms with Crippen molar-refractivity contribution in [3.63, 3.8) is 0 Å². The molecule has 0 aliphatic heterocycles. The molecule has 5 N–H and O–H groups in total. The SMILES string of the molecule is O=C(O)CCSc1nc2cc([As]=[As]c3ccc([O-])c(N(CC(O)CO)CC(O)CO)c3)ccc2o1.[Na+]. The van der Waals surface area contributed by atoms with Gasteiger partial charge in [0.2, 0.25) is 0 Å². The summed E-state index contributed by atoms with van der Waals surface area (Å²) < 4.78 is 7.81. The van der Waals surface area contributed by atoms with Crippen LogP contribution in [0, 0.1) is 0 Å². The van der Waals surface area contributed by atoms with Gasteiger partial charge in [-0.3, -0.25) is 0 Å². The molecule has 188 valence electrons. The average Bonchev–Trinajstić information content (AvgIpc) is 3.24. The molecule has 3 rings (SSSR count). The van der Waals surface area contributed by atoms with E-state index in [9.17, 15) is 30.3 Å². The summed E-state index contributed by atoms with van der Waals surface area (Å²) in [5.74, 6) is -0.752. The van der Waals surface area contributed by atoms with Gasteiger partial charge in [-0.05, 0) is 0 Å². The largest absolute Gasteiger partial charge is 1.00 e. The summed E-state index contributed by atoms with van der Waals surface area (Å²) in [5.41, 5.74) is 1.67. The van der Waals surface area contributed by atoms with Gasteiger partial charge < -0.3 is 0 Å². The van der Waals surface area contributed by atoms with E-state index < -0.39 is 31.4 Å². The average molecular weight is 650 g/mol. The van der Waals surface area contributed by atoms with Crippen LogP contribution in [-0.4, -0.2) is 107 Å². The quantitative estimate of drug-likeness (QED) is 0.0890. The van der Waals surface area contributed by atoms with Gasteiger partial charge >= 0.3 is 247 Å². The van der Waals surface area contributed by atoms with E-state index in [4.69, 9.17) is 9.52 Å². The number of benzene rings is 2. The molecule has 0 spiro atoms. The second kappa shape index (κ2) is 15.6. The Hall–Kier alpha value is -0.713. The maximum atomic E-state index is 12.5. The molecule has 1 heterocycles. The van der Waals surface area contributed by atoms with E-state index in [1.807, 2.05) is 18.2 Å². The predicted octanol–water partition coefficient (Wildman–Crippen LogP) is -4.74. The van der Waals surface area contributed by atoms with Crippen LogP contribution >= 0.6 is 11.8 Å². The molecule has 0 amide bonds. The van der Waals surface area contributed by atoms with Crippen LogP contribution in [0.4, 0.5) is 5.69 Å². The van der Waals surface area contributed by atoms with Gasteiger partial charge in [-0.25, -0.2) is 0 Å². The monoisotopic (exact) mass is 650 g/mol. The van der Waals surface area contributed by atoms with Crippen LogP contribution in [0.5, 0.6) is 5.75 Å². The number of nitrogens with zero attached hydrogens (tertiary/aromatic N) is 2. The van der Waals surface area contributed by atoms with E-state index in [0.717, 1.165) is 14.2 Å². The third-order valence-electron chi connectivity index (χ3n) is 4.74. The van der Waals surface area contributed by atoms with Crippen molar-refractivity contribution < 1.29 is 69.4 Å². The second-order valence-corrected chi connectivity index (χ2v) is 16.0. The molecule has 0 aliphatic carbocycles. The molecule has 2 unspecified atom stereocenters. The van der Waals surface area contributed by atoms with E-state index in [1.54, 1.807) is 12.1 Å². The van der Waals surface area contributed by atoms with Crippen molar-refractivity contribution in [3.8, 4) is 5.75 Å². The van der Waals surface area contributed by atoms with E-state index in [-0.39, 0.29) is 81.1 Å². The number of fused-ring (bicyclic) bond motifs is 1. The minimum absolute atomic E-state index is 0. The Kier molecular flexibility index (Phi) is 13.7. The first-order valence-electron chi connectivity index (χ1n) is 10.6. The molecule has 2 aromatic carbocycles. The minimum Gasteiger partial charge on any atom is 1.00 e. The number of thioether (sulfide) groups is 1. The van der Waals surface area contributed by atoms with Crippen molar-refractivity contribution >= 4 is 69.5 Å². The summed E-state index contributed by atoms with van der Waals surface area (Å²) in [7, 11) is 0. The molecule has 0 saturated carbocycles. The van der Waals surface area contributed by atoms with Crippen LogP contribution in [0.3, 0.4) is 0 Å². The van der Waals surface area contributed by atoms with Gasteiger partial charge in [0.05, 0.1) is 0 Å². The Labute approximate surface area is 245 Å². The van der Waals surface area contributed by atoms with Crippen LogP contribution in [0.15, 0.2) is 46.0 Å². The fourth-order valence-electron chi connectivity index (χ4n) is 3.07. The summed E-state index contributed by atoms with van der Waals surface area (Å²) in [4.78, 5) is 16.6. The standard InChI is InChI=1S/C22H26As2N2O8S.Na/c27-11-15(29)9-26(10-16(30)12-28)18-8-14(1-3-19(18)31)24-23-13-2-4-20-17(7-13)25-22(34-20)35-6-5-21(32)33;/h1-4,7-8,15-16,27-31H,5-6,9-12H2,(H,32,33);/q;+1/p-1. The second-order valence-electron chi connectivity index (χ2n) is 7.55. The van der Waals surface area contributed by atoms with Gasteiger partial charge in [-0.1, -0.05) is 0 Å². The molecule has 14 heteroatoms. The fraction of sp³-hybridized carbons (Fsp3) is 0.364. The van der Waals surface area contributed by atoms with E-state index >= 15 is 0 Å². The molecule has 0 bridgehead atoms. The first kappa shape index (κ1) is 31.5. The summed E-state index contributed by atoms with van der Waals surface area (Å²) in [6.45, 7) is -1.07. The number of aliphatic hydroxyl groups excluding tert-OH is 4. The Morgan fingerprint density at radius 2 is 1.67 bits per heavy atom. The summed E-state index contributed by atoms with van der Waals surface area (Å²) >= 11 is 0.758. The number of aromatic nitrogens is 1. The molecule has 0 fully saturated rings. The Morgan fingerprint density at radius 1 is 1.06 bits per heavy atom. The maximum Gasteiger partial charge on any atom is 1.00 e. The molecule has 0 aliphatic rings. The van der Waals surface area contributed by atoms with Crippen LogP contribution in [-0.2, 0) is 4.79 Å². The van der Waals surface area contributed by atoms with Crippen molar-refractivity contribution in [2.75, 3.05) is 37.0 Å². The van der Waals surface area contributed by atoms with Crippen LogP contribution in [0.25, 0.3) is 11.1 Å². The smallest absolute Gasteiger partial charge is 1.00 e. The number of carbonyl (C=O) groups is 1. The number of oxazole rings is 1. The van der Waals surface area contributed by atoms with Gasteiger partial charge in [0.25, 0.3) is 0 Å². The van der Waals surface area contributed by atoms with Gasteiger partial charge in [0.15, 0.2) is 0 Å². The zero-order valence-corrected chi connectivity index (χ0v) is 26.1. The van der Waals surface area contributed by atoms with E-state index in [1.165, 1.54) is 22.7 Å². The maximum absolute atomic E-state index is 12.5. The molecule has 0 saturated heterocycles. The van der Waals surface area contributed by atoms with Crippen molar-refractivity contribution in [3.05, 3.63) is 36.4 Å². The molecule has 0 radical (unpaired) electrons. The predicted molar refractivity (Wildman–Crippen MR) is 132 cm³/mol. The third kappa shape index (κ3) is 9.55. The van der Waals surface area contributed by atoms with Crippen molar-refractivity contribution in [1.82, 2.24) is 4.98 Å². The van der Waals surface area contributed by atoms with Gasteiger partial charge in [-0.2, -0.15) is 0 Å². The number of aliphatic carboxylic acids is 1. The summed E-state index contributed by atoms with van der Waals surface area (Å²) in [5, 5.41) is 59.9. The van der Waals surface area contributed by atoms with Crippen LogP contribution in [0.2, 0.25) is 0 Å². The Balaban J connectivity index is 0.00000456. The first-order valence-corrected chi connectivity index (χ1v) is 18.7. The molecule has 3 aromatic rings. The Bertz CT molecular complexity index is 1170. The number of hydrogen-bond acceptors (Lipinski definition) is 10. The van der Waals surface area contributed by atoms with E-state index in [2.05, 4.69) is 4.98 Å². The van der Waals surface area contributed by atoms with Gasteiger partial charge in [-0.15, -0.1) is 0 Å². The van der Waals surface area contributed by atoms with Crippen LogP contribution in [0.1, 0.15) is 6.42 Å². The number of anilines is 1. The molecule has 2 atom stereocenters. The van der Waals surface area contributed by atoms with Gasteiger partial charge in [0.1, 0.15) is 0 Å². The first-order chi connectivity index (χ1) is 16.8. The number of rotatable bonds is 13. The van der Waals surface area contributed by atoms with Crippen LogP contribution < -0.4 is 48.3 Å².